The number of nitrogens with one attached hydrogen (secondary N) is 1. The molecule has 15 heavy (non-hydrogen) atoms. The summed E-state index contributed by atoms with van der Waals surface area (Å²) in [6, 6.07) is 0.386. The van der Waals surface area contributed by atoms with Gasteiger partial charge in [-0.15, -0.1) is 0 Å². The van der Waals surface area contributed by atoms with Gasteiger partial charge in [-0.2, -0.15) is 0 Å². The Morgan fingerprint density at radius 2 is 1.67 bits per heavy atom. The monoisotopic (exact) mass is 235 g/mol. The minimum absolute atomic E-state index is 0.242. The van der Waals surface area contributed by atoms with E-state index >= 15 is 0 Å². The number of hydrogen-bond donors (Lipinski definition) is 1. The Labute approximate surface area is 94.6 Å². The molecule has 0 aromatic rings. The number of sulfone groups is 1. The second-order valence-electron chi connectivity index (χ2n) is 4.54. The number of hydrogen-bond acceptors (Lipinski definition) is 3. The van der Waals surface area contributed by atoms with Crippen LogP contribution in [0.1, 0.15) is 41.0 Å². The van der Waals surface area contributed by atoms with Crippen LogP contribution in [0.25, 0.3) is 0 Å². The fourth-order valence-corrected chi connectivity index (χ4v) is 2.09. The van der Waals surface area contributed by atoms with E-state index in [9.17, 15) is 8.42 Å². The molecule has 0 aliphatic heterocycles. The van der Waals surface area contributed by atoms with Crippen molar-refractivity contribution in [3.8, 4) is 0 Å². The SMILES string of the molecule is CCC(C)C(C)NCCS(=O)(=O)C(C)C. The molecule has 0 aliphatic rings. The maximum Gasteiger partial charge on any atom is 0.153 e. The van der Waals surface area contributed by atoms with Crippen LogP contribution in [-0.4, -0.2) is 32.0 Å². The highest BCUT2D eigenvalue weighted by Gasteiger charge is 2.16. The molecule has 0 bridgehead atoms. The first-order chi connectivity index (χ1) is 6.81. The van der Waals surface area contributed by atoms with Crippen LogP contribution in [0.3, 0.4) is 0 Å². The summed E-state index contributed by atoms with van der Waals surface area (Å²) in [7, 11) is -2.89. The lowest BCUT2D eigenvalue weighted by molar-refractivity contribution is 0.398. The summed E-state index contributed by atoms with van der Waals surface area (Å²) in [5.41, 5.74) is 0. The van der Waals surface area contributed by atoms with Gasteiger partial charge in [0.2, 0.25) is 0 Å². The van der Waals surface area contributed by atoms with Crippen molar-refractivity contribution in [3.05, 3.63) is 0 Å². The molecular formula is C11H25NO2S. The first-order valence-electron chi connectivity index (χ1n) is 5.76. The summed E-state index contributed by atoms with van der Waals surface area (Å²) in [6.45, 7) is 10.4. The lowest BCUT2D eigenvalue weighted by Gasteiger charge is -2.20. The Bertz CT molecular complexity index is 260. The lowest BCUT2D eigenvalue weighted by Crippen LogP contribution is -2.36. The highest BCUT2D eigenvalue weighted by molar-refractivity contribution is 7.92. The largest absolute Gasteiger partial charge is 0.313 e. The van der Waals surface area contributed by atoms with Gasteiger partial charge in [0, 0.05) is 12.6 Å². The molecule has 4 heteroatoms. The van der Waals surface area contributed by atoms with Crippen molar-refractivity contribution >= 4 is 9.84 Å². The van der Waals surface area contributed by atoms with Crippen LogP contribution < -0.4 is 5.32 Å². The zero-order chi connectivity index (χ0) is 12.1. The fraction of sp³-hybridized carbons (Fsp3) is 1.00. The molecule has 0 radical (unpaired) electrons. The molecule has 0 saturated carbocycles. The van der Waals surface area contributed by atoms with Crippen molar-refractivity contribution in [1.29, 1.82) is 0 Å². The van der Waals surface area contributed by atoms with Crippen molar-refractivity contribution < 1.29 is 8.42 Å². The summed E-state index contributed by atoms with van der Waals surface area (Å²) in [5.74, 6) is 0.831. The smallest absolute Gasteiger partial charge is 0.153 e. The quantitative estimate of drug-likeness (QED) is 0.732. The van der Waals surface area contributed by atoms with Gasteiger partial charge in [-0.25, -0.2) is 8.42 Å². The van der Waals surface area contributed by atoms with E-state index in [2.05, 4.69) is 26.1 Å². The molecule has 0 aliphatic carbocycles. The van der Waals surface area contributed by atoms with E-state index in [4.69, 9.17) is 0 Å². The molecular weight excluding hydrogens is 210 g/mol. The van der Waals surface area contributed by atoms with Crippen molar-refractivity contribution in [2.24, 2.45) is 5.92 Å². The van der Waals surface area contributed by atoms with E-state index in [-0.39, 0.29) is 11.0 Å². The van der Waals surface area contributed by atoms with Crippen molar-refractivity contribution in [2.75, 3.05) is 12.3 Å². The Balaban J connectivity index is 3.90. The van der Waals surface area contributed by atoms with E-state index in [1.165, 1.54) is 0 Å². The van der Waals surface area contributed by atoms with Crippen LogP contribution in [0.15, 0.2) is 0 Å². The Morgan fingerprint density at radius 1 is 1.13 bits per heavy atom. The summed E-state index contributed by atoms with van der Waals surface area (Å²) in [4.78, 5) is 0. The molecule has 2 unspecified atom stereocenters. The molecule has 0 heterocycles. The standard InChI is InChI=1S/C11H25NO2S/c1-6-10(4)11(5)12-7-8-15(13,14)9(2)3/h9-12H,6-8H2,1-5H3. The summed E-state index contributed by atoms with van der Waals surface area (Å²) in [6.07, 6.45) is 1.12. The zero-order valence-corrected chi connectivity index (χ0v) is 11.4. The van der Waals surface area contributed by atoms with E-state index < -0.39 is 9.84 Å². The van der Waals surface area contributed by atoms with Crippen LogP contribution in [0.4, 0.5) is 0 Å². The Morgan fingerprint density at radius 3 is 2.07 bits per heavy atom. The van der Waals surface area contributed by atoms with Crippen molar-refractivity contribution in [1.82, 2.24) is 5.32 Å². The van der Waals surface area contributed by atoms with Crippen LogP contribution in [0.5, 0.6) is 0 Å². The van der Waals surface area contributed by atoms with Crippen LogP contribution in [-0.2, 0) is 9.84 Å². The third-order valence-electron chi connectivity index (χ3n) is 3.07. The minimum atomic E-state index is -2.89. The second-order valence-corrected chi connectivity index (χ2v) is 7.22. The third-order valence-corrected chi connectivity index (χ3v) is 5.28. The van der Waals surface area contributed by atoms with Gasteiger partial charge in [0.15, 0.2) is 9.84 Å². The molecule has 0 spiro atoms. The summed E-state index contributed by atoms with van der Waals surface area (Å²) >= 11 is 0. The number of rotatable bonds is 7. The topological polar surface area (TPSA) is 46.2 Å². The van der Waals surface area contributed by atoms with Gasteiger partial charge in [-0.3, -0.25) is 0 Å². The summed E-state index contributed by atoms with van der Waals surface area (Å²) in [5, 5.41) is 3.00. The van der Waals surface area contributed by atoms with Gasteiger partial charge in [-0.05, 0) is 26.7 Å². The first-order valence-corrected chi connectivity index (χ1v) is 7.47. The third kappa shape index (κ3) is 5.52. The molecule has 2 atom stereocenters. The average molecular weight is 235 g/mol. The lowest BCUT2D eigenvalue weighted by atomic mass is 10.0. The van der Waals surface area contributed by atoms with E-state index in [1.54, 1.807) is 13.8 Å². The van der Waals surface area contributed by atoms with Gasteiger partial charge in [-0.1, -0.05) is 20.3 Å². The highest BCUT2D eigenvalue weighted by atomic mass is 32.2. The normalized spacial score (nSPS) is 16.7. The van der Waals surface area contributed by atoms with Crippen LogP contribution in [0, 0.1) is 5.92 Å². The van der Waals surface area contributed by atoms with E-state index in [0.29, 0.717) is 18.5 Å². The fourth-order valence-electron chi connectivity index (χ4n) is 1.22. The van der Waals surface area contributed by atoms with Crippen molar-refractivity contribution in [2.45, 2.75) is 52.3 Å². The maximum absolute atomic E-state index is 11.5. The Hall–Kier alpha value is -0.0900. The van der Waals surface area contributed by atoms with Gasteiger partial charge < -0.3 is 5.32 Å². The molecule has 92 valence electrons. The predicted octanol–water partition coefficient (Wildman–Crippen LogP) is 1.83. The minimum Gasteiger partial charge on any atom is -0.313 e. The van der Waals surface area contributed by atoms with Gasteiger partial charge in [0.05, 0.1) is 11.0 Å². The Kier molecular flexibility index (Phi) is 6.44. The van der Waals surface area contributed by atoms with E-state index in [1.807, 2.05) is 0 Å². The second kappa shape index (κ2) is 6.48. The maximum atomic E-state index is 11.5. The van der Waals surface area contributed by atoms with Gasteiger partial charge >= 0.3 is 0 Å². The van der Waals surface area contributed by atoms with E-state index in [0.717, 1.165) is 6.42 Å². The average Bonchev–Trinajstić information content (AvgIpc) is 2.15. The molecule has 0 amide bonds. The summed E-state index contributed by atoms with van der Waals surface area (Å²) < 4.78 is 23.0. The molecule has 1 N–H and O–H groups in total. The molecule has 0 fully saturated rings. The van der Waals surface area contributed by atoms with Crippen molar-refractivity contribution in [3.63, 3.8) is 0 Å². The zero-order valence-electron chi connectivity index (χ0n) is 10.6. The molecule has 0 aromatic carbocycles. The van der Waals surface area contributed by atoms with Gasteiger partial charge in [0.25, 0.3) is 0 Å². The van der Waals surface area contributed by atoms with Gasteiger partial charge in [0.1, 0.15) is 0 Å². The molecule has 3 nitrogen and oxygen atoms in total. The molecule has 0 aromatic heterocycles. The van der Waals surface area contributed by atoms with Crippen LogP contribution >= 0.6 is 0 Å². The predicted molar refractivity (Wildman–Crippen MR) is 65.8 cm³/mol. The van der Waals surface area contributed by atoms with Crippen LogP contribution in [0.2, 0.25) is 0 Å². The highest BCUT2D eigenvalue weighted by Crippen LogP contribution is 2.06. The molecule has 0 saturated heterocycles. The first kappa shape index (κ1) is 14.9. The molecule has 0 rings (SSSR count).